The Balaban J connectivity index is 2.31. The summed E-state index contributed by atoms with van der Waals surface area (Å²) in [6.45, 7) is 0.847. The van der Waals surface area contributed by atoms with Crippen LogP contribution in [0.4, 0.5) is 5.69 Å². The second-order valence-electron chi connectivity index (χ2n) is 4.77. The number of nitro benzene ring substituents is 1. The van der Waals surface area contributed by atoms with Crippen LogP contribution in [0.1, 0.15) is 23.2 Å². The van der Waals surface area contributed by atoms with E-state index in [2.05, 4.69) is 0 Å². The molecule has 0 aromatic heterocycles. The molecule has 1 amide bonds. The summed E-state index contributed by atoms with van der Waals surface area (Å²) in [5.74, 6) is -0.295. The fourth-order valence-electron chi connectivity index (χ4n) is 2.02. The quantitative estimate of drug-likeness (QED) is 0.592. The Morgan fingerprint density at radius 2 is 2.14 bits per heavy atom. The first-order valence-electron chi connectivity index (χ1n) is 6.39. The zero-order valence-electron chi connectivity index (χ0n) is 11.3. The molecule has 1 aliphatic carbocycles. The zero-order chi connectivity index (χ0) is 15.6. The van der Waals surface area contributed by atoms with Crippen molar-refractivity contribution in [3.8, 4) is 0 Å². The molecule has 6 nitrogen and oxygen atoms in total. The van der Waals surface area contributed by atoms with Gasteiger partial charge in [0, 0.05) is 31.3 Å². The van der Waals surface area contributed by atoms with Gasteiger partial charge in [0.1, 0.15) is 5.02 Å². The number of nitrogens with zero attached hydrogens (tertiary/aromatic N) is 2. The van der Waals surface area contributed by atoms with Gasteiger partial charge in [0.2, 0.25) is 0 Å². The highest BCUT2D eigenvalue weighted by molar-refractivity contribution is 6.43. The summed E-state index contributed by atoms with van der Waals surface area (Å²) in [7, 11) is 1.56. The third-order valence-electron chi connectivity index (χ3n) is 3.24. The molecule has 0 spiro atoms. The van der Waals surface area contributed by atoms with Crippen LogP contribution in [0.5, 0.6) is 0 Å². The minimum Gasteiger partial charge on any atom is -0.383 e. The Morgan fingerprint density at radius 1 is 1.48 bits per heavy atom. The number of hydrogen-bond donors (Lipinski definition) is 0. The Labute approximate surface area is 131 Å². The molecule has 0 N–H and O–H groups in total. The summed E-state index contributed by atoms with van der Waals surface area (Å²) in [4.78, 5) is 24.5. The number of carbonyl (C=O) groups excluding carboxylic acids is 1. The maximum Gasteiger partial charge on any atom is 0.290 e. The summed E-state index contributed by atoms with van der Waals surface area (Å²) in [5, 5.41) is 10.8. The highest BCUT2D eigenvalue weighted by Gasteiger charge is 2.33. The van der Waals surface area contributed by atoms with E-state index in [1.165, 1.54) is 12.1 Å². The molecule has 0 saturated heterocycles. The molecule has 114 valence electrons. The van der Waals surface area contributed by atoms with Gasteiger partial charge in [0.25, 0.3) is 11.6 Å². The van der Waals surface area contributed by atoms with E-state index in [4.69, 9.17) is 27.9 Å². The fraction of sp³-hybridized carbons (Fsp3) is 0.462. The zero-order valence-corrected chi connectivity index (χ0v) is 12.9. The number of amides is 1. The van der Waals surface area contributed by atoms with Crippen molar-refractivity contribution in [1.29, 1.82) is 0 Å². The van der Waals surface area contributed by atoms with Crippen LogP contribution in [0.25, 0.3) is 0 Å². The summed E-state index contributed by atoms with van der Waals surface area (Å²) >= 11 is 11.7. The molecular formula is C13H14Cl2N2O4. The lowest BCUT2D eigenvalue weighted by atomic mass is 10.1. The topological polar surface area (TPSA) is 72.7 Å². The summed E-state index contributed by atoms with van der Waals surface area (Å²) in [6.07, 6.45) is 1.86. The van der Waals surface area contributed by atoms with Crippen molar-refractivity contribution in [3.63, 3.8) is 0 Å². The predicted molar refractivity (Wildman–Crippen MR) is 79.1 cm³/mol. The van der Waals surface area contributed by atoms with Gasteiger partial charge >= 0.3 is 0 Å². The minimum absolute atomic E-state index is 0.00305. The van der Waals surface area contributed by atoms with Crippen molar-refractivity contribution >= 4 is 34.8 Å². The van der Waals surface area contributed by atoms with Crippen LogP contribution in [-0.4, -0.2) is 42.0 Å². The molecule has 0 atom stereocenters. The Hall–Kier alpha value is -1.37. The summed E-state index contributed by atoms with van der Waals surface area (Å²) in [5.41, 5.74) is -0.200. The molecule has 0 heterocycles. The Kier molecular flexibility index (Phi) is 5.03. The van der Waals surface area contributed by atoms with Crippen molar-refractivity contribution in [2.24, 2.45) is 0 Å². The average Bonchev–Trinajstić information content (AvgIpc) is 3.26. The highest BCUT2D eigenvalue weighted by atomic mass is 35.5. The van der Waals surface area contributed by atoms with Crippen molar-refractivity contribution in [3.05, 3.63) is 37.9 Å². The molecule has 1 aromatic rings. The van der Waals surface area contributed by atoms with Crippen molar-refractivity contribution < 1.29 is 14.5 Å². The standard InChI is InChI=1S/C13H14Cl2N2O4/c1-21-5-4-16(9-2-3-9)13(18)8-6-10(14)12(15)11(7-8)17(19)20/h6-7,9H,2-5H2,1H3. The summed E-state index contributed by atoms with van der Waals surface area (Å²) in [6, 6.07) is 2.70. The Bertz CT molecular complexity index is 576. The third kappa shape index (κ3) is 3.64. The van der Waals surface area contributed by atoms with Gasteiger partial charge in [0.15, 0.2) is 0 Å². The highest BCUT2D eigenvalue weighted by Crippen LogP contribution is 2.35. The number of ether oxygens (including phenoxy) is 1. The number of hydrogen-bond acceptors (Lipinski definition) is 4. The number of nitro groups is 1. The average molecular weight is 333 g/mol. The van der Waals surface area contributed by atoms with Crippen molar-refractivity contribution in [2.45, 2.75) is 18.9 Å². The first-order valence-corrected chi connectivity index (χ1v) is 7.14. The molecular weight excluding hydrogens is 319 g/mol. The van der Waals surface area contributed by atoms with Crippen LogP contribution in [0.15, 0.2) is 12.1 Å². The molecule has 1 saturated carbocycles. The van der Waals surface area contributed by atoms with E-state index in [1.54, 1.807) is 12.0 Å². The first kappa shape index (κ1) is 16.0. The van der Waals surface area contributed by atoms with E-state index in [9.17, 15) is 14.9 Å². The molecule has 1 fully saturated rings. The second kappa shape index (κ2) is 6.60. The molecule has 0 unspecified atom stereocenters. The summed E-state index contributed by atoms with van der Waals surface area (Å²) < 4.78 is 4.99. The maximum atomic E-state index is 12.5. The molecule has 21 heavy (non-hydrogen) atoms. The van der Waals surface area contributed by atoms with E-state index in [0.717, 1.165) is 12.8 Å². The lowest BCUT2D eigenvalue weighted by Gasteiger charge is -2.22. The monoisotopic (exact) mass is 332 g/mol. The molecule has 0 aliphatic heterocycles. The lowest BCUT2D eigenvalue weighted by molar-refractivity contribution is -0.384. The first-order chi connectivity index (χ1) is 9.95. The van der Waals surface area contributed by atoms with Crippen LogP contribution < -0.4 is 0 Å². The normalized spacial score (nSPS) is 14.0. The third-order valence-corrected chi connectivity index (χ3v) is 4.03. The smallest absolute Gasteiger partial charge is 0.290 e. The molecule has 2 rings (SSSR count). The number of rotatable bonds is 6. The van der Waals surface area contributed by atoms with Crippen LogP contribution in [0.3, 0.4) is 0 Å². The number of carbonyl (C=O) groups is 1. The Morgan fingerprint density at radius 3 is 2.67 bits per heavy atom. The number of methoxy groups -OCH3 is 1. The van der Waals surface area contributed by atoms with Gasteiger partial charge in [-0.2, -0.15) is 0 Å². The minimum atomic E-state index is -0.651. The molecule has 1 aromatic carbocycles. The van der Waals surface area contributed by atoms with Gasteiger partial charge < -0.3 is 9.64 Å². The fourth-order valence-corrected chi connectivity index (χ4v) is 2.41. The van der Waals surface area contributed by atoms with Gasteiger partial charge in [0.05, 0.1) is 16.6 Å². The van der Waals surface area contributed by atoms with Crippen LogP contribution >= 0.6 is 23.2 Å². The molecule has 0 bridgehead atoms. The van der Waals surface area contributed by atoms with Gasteiger partial charge in [-0.05, 0) is 18.9 Å². The predicted octanol–water partition coefficient (Wildman–Crippen LogP) is 3.15. The van der Waals surface area contributed by atoms with E-state index < -0.39 is 4.92 Å². The van der Waals surface area contributed by atoms with E-state index in [0.29, 0.717) is 13.2 Å². The van der Waals surface area contributed by atoms with Crippen LogP contribution in [-0.2, 0) is 4.74 Å². The lowest BCUT2D eigenvalue weighted by Crippen LogP contribution is -2.35. The molecule has 1 aliphatic rings. The van der Waals surface area contributed by atoms with E-state index in [-0.39, 0.29) is 33.2 Å². The van der Waals surface area contributed by atoms with Gasteiger partial charge in [-0.1, -0.05) is 23.2 Å². The maximum absolute atomic E-state index is 12.5. The van der Waals surface area contributed by atoms with Gasteiger partial charge in [-0.25, -0.2) is 0 Å². The number of halogens is 2. The van der Waals surface area contributed by atoms with E-state index in [1.807, 2.05) is 0 Å². The largest absolute Gasteiger partial charge is 0.383 e. The van der Waals surface area contributed by atoms with E-state index >= 15 is 0 Å². The molecule has 0 radical (unpaired) electrons. The van der Waals surface area contributed by atoms with Crippen LogP contribution in [0, 0.1) is 10.1 Å². The van der Waals surface area contributed by atoms with Crippen LogP contribution in [0.2, 0.25) is 10.0 Å². The van der Waals surface area contributed by atoms with Crippen molar-refractivity contribution in [1.82, 2.24) is 4.90 Å². The molecule has 8 heteroatoms. The second-order valence-corrected chi connectivity index (χ2v) is 5.56. The van der Waals surface area contributed by atoms with Crippen molar-refractivity contribution in [2.75, 3.05) is 20.3 Å². The number of benzene rings is 1. The van der Waals surface area contributed by atoms with Gasteiger partial charge in [-0.3, -0.25) is 14.9 Å². The SMILES string of the molecule is COCCN(C(=O)c1cc(Cl)c(Cl)c([N+](=O)[O-])c1)C1CC1. The van der Waals surface area contributed by atoms with Gasteiger partial charge in [-0.15, -0.1) is 0 Å².